The van der Waals surface area contributed by atoms with Gasteiger partial charge in [-0.15, -0.1) is 0 Å². The van der Waals surface area contributed by atoms with E-state index in [9.17, 15) is 19.9 Å². The highest BCUT2D eigenvalue weighted by Gasteiger charge is 2.31. The summed E-state index contributed by atoms with van der Waals surface area (Å²) in [6.45, 7) is 6.11. The van der Waals surface area contributed by atoms with Gasteiger partial charge in [0.1, 0.15) is 28.7 Å². The number of anilines is 2. The molecule has 2 fully saturated rings. The van der Waals surface area contributed by atoms with E-state index in [2.05, 4.69) is 44.4 Å². The van der Waals surface area contributed by atoms with E-state index in [1.807, 2.05) is 4.90 Å². The molecular formula is C29H33FN6O2S. The van der Waals surface area contributed by atoms with E-state index in [1.165, 1.54) is 40.3 Å². The fourth-order valence-corrected chi connectivity index (χ4v) is 6.63. The molecule has 0 saturated carbocycles. The molecule has 1 aromatic heterocycles. The van der Waals surface area contributed by atoms with Crippen molar-refractivity contribution in [3.8, 4) is 17.3 Å². The number of nitrogens with one attached hydrogen (secondary N) is 1. The molecule has 204 valence electrons. The lowest BCUT2D eigenvalue weighted by atomic mass is 10.00. The molecule has 1 aliphatic carbocycles. The molecule has 10 heteroatoms. The molecule has 6 rings (SSSR count). The number of aliphatic hydroxyl groups excluding tert-OH is 2. The first kappa shape index (κ1) is 26.2. The smallest absolute Gasteiger partial charge is 0.184 e. The number of hydrogen-bond acceptors (Lipinski definition) is 9. The Kier molecular flexibility index (Phi) is 7.51. The van der Waals surface area contributed by atoms with Gasteiger partial charge in [-0.1, -0.05) is 17.4 Å². The Bertz CT molecular complexity index is 1340. The molecule has 2 aliphatic heterocycles. The molecule has 3 N–H and O–H groups in total. The summed E-state index contributed by atoms with van der Waals surface area (Å²) in [7, 11) is 0. The first-order valence-electron chi connectivity index (χ1n) is 13.6. The number of nitrogens with zero attached hydrogens (tertiary/aromatic N) is 5. The van der Waals surface area contributed by atoms with E-state index in [0.29, 0.717) is 41.3 Å². The monoisotopic (exact) mass is 548 g/mol. The predicted molar refractivity (Wildman–Crippen MR) is 150 cm³/mol. The van der Waals surface area contributed by atoms with Crippen molar-refractivity contribution in [2.45, 2.75) is 31.1 Å². The summed E-state index contributed by atoms with van der Waals surface area (Å²) in [5.74, 6) is 0.0569. The second-order valence-corrected chi connectivity index (χ2v) is 11.7. The molecule has 3 aliphatic rings. The van der Waals surface area contributed by atoms with Crippen LogP contribution in [0, 0.1) is 17.1 Å². The third-order valence-electron chi connectivity index (χ3n) is 8.15. The van der Waals surface area contributed by atoms with E-state index in [-0.39, 0.29) is 11.9 Å². The Morgan fingerprint density at radius 3 is 2.62 bits per heavy atom. The van der Waals surface area contributed by atoms with Crippen molar-refractivity contribution in [2.75, 3.05) is 62.6 Å². The number of benzene rings is 2. The average molecular weight is 549 g/mol. The lowest BCUT2D eigenvalue weighted by molar-refractivity contribution is -0.108. The minimum atomic E-state index is -0.512. The van der Waals surface area contributed by atoms with Crippen LogP contribution >= 0.6 is 11.3 Å². The number of rotatable bonds is 8. The SMILES string of the molecule is N#Cc1sc(NCC2CCc3ccc(N4CCN(CC(O)N5CC(O)C5)CC4)cc32)nc1-c1ccc(F)cc1. The third-order valence-corrected chi connectivity index (χ3v) is 9.07. The quantitative estimate of drug-likeness (QED) is 0.395. The fraction of sp³-hybridized carbons (Fsp3) is 0.448. The highest BCUT2D eigenvalue weighted by Crippen LogP contribution is 2.37. The van der Waals surface area contributed by atoms with Crippen LogP contribution in [-0.2, 0) is 6.42 Å². The van der Waals surface area contributed by atoms with Gasteiger partial charge >= 0.3 is 0 Å². The Morgan fingerprint density at radius 2 is 1.90 bits per heavy atom. The molecule has 0 radical (unpaired) electrons. The second-order valence-electron chi connectivity index (χ2n) is 10.7. The fourth-order valence-electron chi connectivity index (χ4n) is 5.84. The molecule has 8 nitrogen and oxygen atoms in total. The zero-order valence-corrected chi connectivity index (χ0v) is 22.6. The Balaban J connectivity index is 1.06. The first-order valence-corrected chi connectivity index (χ1v) is 14.4. The minimum Gasteiger partial charge on any atom is -0.390 e. The van der Waals surface area contributed by atoms with Crippen LogP contribution in [0.25, 0.3) is 11.3 Å². The van der Waals surface area contributed by atoms with Gasteiger partial charge in [-0.2, -0.15) is 5.26 Å². The highest BCUT2D eigenvalue weighted by molar-refractivity contribution is 7.16. The number of thiazole rings is 1. The summed E-state index contributed by atoms with van der Waals surface area (Å²) in [5, 5.41) is 33.7. The van der Waals surface area contributed by atoms with Crippen LogP contribution in [0.3, 0.4) is 0 Å². The Hall–Kier alpha value is -3.07. The molecular weight excluding hydrogens is 515 g/mol. The van der Waals surface area contributed by atoms with Gasteiger partial charge in [-0.05, 0) is 60.4 Å². The highest BCUT2D eigenvalue weighted by atomic mass is 32.1. The number of aliphatic hydroxyl groups is 2. The van der Waals surface area contributed by atoms with Gasteiger partial charge in [0.05, 0.1) is 6.10 Å². The lowest BCUT2D eigenvalue weighted by Crippen LogP contribution is -2.59. The van der Waals surface area contributed by atoms with E-state index in [1.54, 1.807) is 12.1 Å². The van der Waals surface area contributed by atoms with Gasteiger partial charge in [0, 0.05) is 69.5 Å². The summed E-state index contributed by atoms with van der Waals surface area (Å²) in [4.78, 5) is 11.8. The maximum Gasteiger partial charge on any atom is 0.184 e. The Labute approximate surface area is 231 Å². The number of aromatic nitrogens is 1. The molecule has 2 atom stereocenters. The summed E-state index contributed by atoms with van der Waals surface area (Å²) in [5.41, 5.74) is 5.35. The minimum absolute atomic E-state index is 0.300. The molecule has 3 aromatic rings. The summed E-state index contributed by atoms with van der Waals surface area (Å²) < 4.78 is 13.3. The summed E-state index contributed by atoms with van der Waals surface area (Å²) in [6.07, 6.45) is 1.32. The van der Waals surface area contributed by atoms with Crippen LogP contribution in [0.15, 0.2) is 42.5 Å². The van der Waals surface area contributed by atoms with E-state index < -0.39 is 6.23 Å². The van der Waals surface area contributed by atoms with Crippen molar-refractivity contribution >= 4 is 22.2 Å². The van der Waals surface area contributed by atoms with Crippen LogP contribution in [0.5, 0.6) is 0 Å². The lowest BCUT2D eigenvalue weighted by Gasteiger charge is -2.43. The summed E-state index contributed by atoms with van der Waals surface area (Å²) >= 11 is 1.34. The number of aryl methyl sites for hydroxylation is 1. The number of piperazine rings is 1. The van der Waals surface area contributed by atoms with E-state index in [0.717, 1.165) is 51.1 Å². The van der Waals surface area contributed by atoms with Gasteiger partial charge in [-0.3, -0.25) is 9.80 Å². The van der Waals surface area contributed by atoms with Gasteiger partial charge in [0.2, 0.25) is 0 Å². The maximum atomic E-state index is 13.3. The van der Waals surface area contributed by atoms with E-state index in [4.69, 9.17) is 0 Å². The average Bonchev–Trinajstić information content (AvgIpc) is 3.54. The largest absolute Gasteiger partial charge is 0.390 e. The predicted octanol–water partition coefficient (Wildman–Crippen LogP) is 3.08. The normalized spacial score (nSPS) is 20.9. The number of fused-ring (bicyclic) bond motifs is 1. The molecule has 0 bridgehead atoms. The maximum absolute atomic E-state index is 13.3. The summed E-state index contributed by atoms with van der Waals surface area (Å²) in [6, 6.07) is 15.2. The van der Waals surface area contributed by atoms with Crippen LogP contribution in [0.2, 0.25) is 0 Å². The van der Waals surface area contributed by atoms with Crippen molar-refractivity contribution in [2.24, 2.45) is 0 Å². The topological polar surface area (TPSA) is 98.9 Å². The second kappa shape index (κ2) is 11.2. The van der Waals surface area contributed by atoms with Gasteiger partial charge in [0.15, 0.2) is 5.13 Å². The van der Waals surface area contributed by atoms with Gasteiger partial charge < -0.3 is 20.4 Å². The number of halogens is 1. The van der Waals surface area contributed by atoms with Crippen molar-refractivity contribution in [3.05, 3.63) is 64.3 Å². The van der Waals surface area contributed by atoms with E-state index >= 15 is 0 Å². The number of nitriles is 1. The molecule has 2 saturated heterocycles. The van der Waals surface area contributed by atoms with Crippen molar-refractivity contribution in [3.63, 3.8) is 0 Å². The molecule has 3 heterocycles. The van der Waals surface area contributed by atoms with Crippen LogP contribution in [-0.4, -0.2) is 89.7 Å². The van der Waals surface area contributed by atoms with Crippen molar-refractivity contribution in [1.29, 1.82) is 5.26 Å². The number of β-amino-alcohol motifs (C(OH)–C–C–N with tert-alkyl or cyclic N) is 2. The van der Waals surface area contributed by atoms with Crippen LogP contribution in [0.4, 0.5) is 15.2 Å². The first-order chi connectivity index (χ1) is 19.0. The standard InChI is InChI=1S/C29H33FN6O2S/c30-22-6-3-20(4-7-22)28-26(14-31)39-29(33-28)32-15-21-2-1-19-5-8-23(13-25(19)21)35-11-9-34(10-12-35)18-27(38)36-16-24(37)17-36/h3-8,13,21,24,27,37-38H,1-2,9-12,15-18H2,(H,32,33). The molecule has 2 aromatic carbocycles. The number of hydrogen-bond donors (Lipinski definition) is 3. The van der Waals surface area contributed by atoms with Crippen LogP contribution in [0.1, 0.15) is 28.3 Å². The zero-order valence-electron chi connectivity index (χ0n) is 21.8. The molecule has 2 unspecified atom stereocenters. The van der Waals surface area contributed by atoms with Crippen molar-refractivity contribution in [1.82, 2.24) is 14.8 Å². The van der Waals surface area contributed by atoms with Crippen molar-refractivity contribution < 1.29 is 14.6 Å². The van der Waals surface area contributed by atoms with Gasteiger partial charge in [0.25, 0.3) is 0 Å². The zero-order chi connectivity index (χ0) is 26.9. The number of likely N-dealkylation sites (tertiary alicyclic amines) is 1. The third kappa shape index (κ3) is 5.64. The van der Waals surface area contributed by atoms with Gasteiger partial charge in [-0.25, -0.2) is 9.37 Å². The molecule has 39 heavy (non-hydrogen) atoms. The molecule has 0 spiro atoms. The molecule has 0 amide bonds. The Morgan fingerprint density at radius 1 is 1.13 bits per heavy atom. The van der Waals surface area contributed by atoms with Crippen LogP contribution < -0.4 is 10.2 Å².